The molecule has 126 valence electrons. The molecule has 2 bridgehead atoms. The summed E-state index contributed by atoms with van der Waals surface area (Å²) in [6, 6.07) is 7.25. The highest BCUT2D eigenvalue weighted by molar-refractivity contribution is 5.79. The summed E-state index contributed by atoms with van der Waals surface area (Å²) in [5, 5.41) is 3.26. The van der Waals surface area contributed by atoms with E-state index in [4.69, 9.17) is 5.73 Å². The van der Waals surface area contributed by atoms with E-state index in [1.165, 1.54) is 12.5 Å². The smallest absolute Gasteiger partial charge is 0.223 e. The number of hydrogen-bond acceptors (Lipinski definition) is 2. The molecule has 0 spiro atoms. The van der Waals surface area contributed by atoms with E-state index >= 15 is 0 Å². The number of carbonyl (C=O) groups is 1. The van der Waals surface area contributed by atoms with Crippen molar-refractivity contribution < 1.29 is 9.18 Å². The van der Waals surface area contributed by atoms with Crippen LogP contribution in [0.25, 0.3) is 0 Å². The zero-order valence-electron chi connectivity index (χ0n) is 13.8. The van der Waals surface area contributed by atoms with E-state index < -0.39 is 0 Å². The predicted octanol–water partition coefficient (Wildman–Crippen LogP) is 3.03. The average Bonchev–Trinajstić information content (AvgIpc) is 2.50. The van der Waals surface area contributed by atoms with Crippen LogP contribution >= 0.6 is 0 Å². The molecule has 0 heterocycles. The molecule has 3 nitrogen and oxygen atoms in total. The van der Waals surface area contributed by atoms with Gasteiger partial charge in [0.2, 0.25) is 5.91 Å². The minimum absolute atomic E-state index is 0.0469. The van der Waals surface area contributed by atoms with E-state index in [0.29, 0.717) is 23.8 Å². The molecular formula is C19H27FN2O. The lowest BCUT2D eigenvalue weighted by Gasteiger charge is -2.45. The molecule has 0 saturated heterocycles. The topological polar surface area (TPSA) is 55.1 Å². The second-order valence-electron chi connectivity index (χ2n) is 7.41. The van der Waals surface area contributed by atoms with Gasteiger partial charge < -0.3 is 11.1 Å². The third-order valence-electron chi connectivity index (χ3n) is 5.62. The molecule has 3 unspecified atom stereocenters. The summed E-state index contributed by atoms with van der Waals surface area (Å²) < 4.78 is 13.8. The fourth-order valence-electron chi connectivity index (χ4n) is 4.42. The molecular weight excluding hydrogens is 291 g/mol. The number of carbonyl (C=O) groups excluding carboxylic acids is 1. The molecule has 1 aromatic rings. The second-order valence-corrected chi connectivity index (χ2v) is 7.41. The Labute approximate surface area is 137 Å². The van der Waals surface area contributed by atoms with Gasteiger partial charge in [-0.15, -0.1) is 0 Å². The van der Waals surface area contributed by atoms with Crippen molar-refractivity contribution >= 4 is 5.91 Å². The van der Waals surface area contributed by atoms with Gasteiger partial charge in [-0.3, -0.25) is 4.79 Å². The van der Waals surface area contributed by atoms with Crippen molar-refractivity contribution in [3.05, 3.63) is 35.6 Å². The fraction of sp³-hybridized carbons (Fsp3) is 0.632. The van der Waals surface area contributed by atoms with Crippen LogP contribution in [0.1, 0.15) is 44.6 Å². The van der Waals surface area contributed by atoms with Crippen molar-refractivity contribution in [2.24, 2.45) is 23.5 Å². The molecule has 3 atom stereocenters. The third-order valence-corrected chi connectivity index (χ3v) is 5.62. The Bertz CT molecular complexity index is 548. The maximum absolute atomic E-state index is 13.8. The summed E-state index contributed by atoms with van der Waals surface area (Å²) in [4.78, 5) is 12.6. The molecule has 2 aliphatic rings. The van der Waals surface area contributed by atoms with Gasteiger partial charge in [0.1, 0.15) is 5.82 Å². The van der Waals surface area contributed by atoms with Gasteiger partial charge in [-0.05, 0) is 55.6 Å². The van der Waals surface area contributed by atoms with Crippen molar-refractivity contribution in [2.75, 3.05) is 0 Å². The predicted molar refractivity (Wildman–Crippen MR) is 89.2 cm³/mol. The maximum atomic E-state index is 13.8. The van der Waals surface area contributed by atoms with E-state index in [2.05, 4.69) is 5.32 Å². The van der Waals surface area contributed by atoms with E-state index in [0.717, 1.165) is 25.7 Å². The van der Waals surface area contributed by atoms with Crippen molar-refractivity contribution in [3.8, 4) is 0 Å². The van der Waals surface area contributed by atoms with Crippen LogP contribution in [0.2, 0.25) is 0 Å². The molecule has 0 aliphatic heterocycles. The highest BCUT2D eigenvalue weighted by Gasteiger charge is 2.40. The van der Waals surface area contributed by atoms with Crippen molar-refractivity contribution in [3.63, 3.8) is 0 Å². The van der Waals surface area contributed by atoms with Crippen LogP contribution in [-0.2, 0) is 11.2 Å². The van der Waals surface area contributed by atoms with E-state index in [-0.39, 0.29) is 29.7 Å². The Morgan fingerprint density at radius 2 is 1.96 bits per heavy atom. The van der Waals surface area contributed by atoms with Gasteiger partial charge in [0.05, 0.1) is 0 Å². The van der Waals surface area contributed by atoms with Gasteiger partial charge in [-0.2, -0.15) is 0 Å². The molecule has 1 amide bonds. The second kappa shape index (κ2) is 7.00. The van der Waals surface area contributed by atoms with Crippen LogP contribution in [-0.4, -0.2) is 18.0 Å². The fourth-order valence-corrected chi connectivity index (χ4v) is 4.42. The highest BCUT2D eigenvalue weighted by atomic mass is 19.1. The number of hydrogen-bond donors (Lipinski definition) is 2. The largest absolute Gasteiger partial charge is 0.353 e. The number of rotatable bonds is 4. The summed E-state index contributed by atoms with van der Waals surface area (Å²) >= 11 is 0. The van der Waals surface area contributed by atoms with Crippen LogP contribution in [0.3, 0.4) is 0 Å². The molecule has 1 aromatic carbocycles. The first kappa shape index (κ1) is 16.4. The molecule has 0 aromatic heterocycles. The maximum Gasteiger partial charge on any atom is 0.223 e. The van der Waals surface area contributed by atoms with E-state index in [9.17, 15) is 9.18 Å². The van der Waals surface area contributed by atoms with Crippen LogP contribution in [0.15, 0.2) is 24.3 Å². The summed E-state index contributed by atoms with van der Waals surface area (Å²) in [6.07, 6.45) is 6.05. The summed E-state index contributed by atoms with van der Waals surface area (Å²) in [5.74, 6) is 0.630. The van der Waals surface area contributed by atoms with Gasteiger partial charge in [-0.1, -0.05) is 31.5 Å². The number of benzene rings is 1. The number of nitrogens with two attached hydrogens (primary N) is 1. The SMILES string of the molecule is CC(Cc1ccccc1F)C(=O)NC1C2CCCC1CC(N)C2. The molecule has 3 rings (SSSR count). The highest BCUT2D eigenvalue weighted by Crippen LogP contribution is 2.39. The summed E-state index contributed by atoms with van der Waals surface area (Å²) in [7, 11) is 0. The number of halogens is 1. The molecule has 4 heteroatoms. The zero-order chi connectivity index (χ0) is 16.4. The Kier molecular flexibility index (Phi) is 5.00. The molecule has 2 fully saturated rings. The molecule has 3 N–H and O–H groups in total. The minimum atomic E-state index is -0.229. The lowest BCUT2D eigenvalue weighted by atomic mass is 9.67. The lowest BCUT2D eigenvalue weighted by molar-refractivity contribution is -0.126. The Balaban J connectivity index is 1.61. The third kappa shape index (κ3) is 3.74. The molecule has 2 saturated carbocycles. The van der Waals surface area contributed by atoms with Gasteiger partial charge in [0.25, 0.3) is 0 Å². The van der Waals surface area contributed by atoms with E-state index in [1.807, 2.05) is 13.0 Å². The van der Waals surface area contributed by atoms with Gasteiger partial charge >= 0.3 is 0 Å². The Hall–Kier alpha value is -1.42. The summed E-state index contributed by atoms with van der Waals surface area (Å²) in [5.41, 5.74) is 6.75. The van der Waals surface area contributed by atoms with Gasteiger partial charge in [-0.25, -0.2) is 4.39 Å². The summed E-state index contributed by atoms with van der Waals surface area (Å²) in [6.45, 7) is 1.88. The quantitative estimate of drug-likeness (QED) is 0.896. The average molecular weight is 318 g/mol. The lowest BCUT2D eigenvalue weighted by Crippen LogP contribution is -2.54. The molecule has 2 aliphatic carbocycles. The van der Waals surface area contributed by atoms with Crippen LogP contribution < -0.4 is 11.1 Å². The van der Waals surface area contributed by atoms with Crippen molar-refractivity contribution in [2.45, 2.75) is 57.5 Å². The van der Waals surface area contributed by atoms with Crippen molar-refractivity contribution in [1.29, 1.82) is 0 Å². The normalized spacial score (nSPS) is 31.4. The van der Waals surface area contributed by atoms with Crippen LogP contribution in [0.4, 0.5) is 4.39 Å². The Morgan fingerprint density at radius 3 is 2.61 bits per heavy atom. The molecule has 23 heavy (non-hydrogen) atoms. The standard InChI is InChI=1S/C19H27FN2O/c1-12(9-13-5-2-3-8-17(13)20)19(23)22-18-14-6-4-7-15(18)11-16(21)10-14/h2-3,5,8,12,14-16,18H,4,6-7,9-11,21H2,1H3,(H,22,23). The number of amides is 1. The number of fused-ring (bicyclic) bond motifs is 2. The van der Waals surface area contributed by atoms with Gasteiger partial charge in [0, 0.05) is 18.0 Å². The monoisotopic (exact) mass is 318 g/mol. The Morgan fingerprint density at radius 1 is 1.30 bits per heavy atom. The first-order valence-corrected chi connectivity index (χ1v) is 8.84. The van der Waals surface area contributed by atoms with Crippen LogP contribution in [0.5, 0.6) is 0 Å². The number of nitrogens with one attached hydrogen (secondary N) is 1. The zero-order valence-corrected chi connectivity index (χ0v) is 13.8. The van der Waals surface area contributed by atoms with E-state index in [1.54, 1.807) is 12.1 Å². The first-order valence-electron chi connectivity index (χ1n) is 8.84. The van der Waals surface area contributed by atoms with Crippen LogP contribution in [0, 0.1) is 23.6 Å². The van der Waals surface area contributed by atoms with Crippen molar-refractivity contribution in [1.82, 2.24) is 5.32 Å². The van der Waals surface area contributed by atoms with Gasteiger partial charge in [0.15, 0.2) is 0 Å². The first-order chi connectivity index (χ1) is 11.0. The molecule has 0 radical (unpaired) electrons. The minimum Gasteiger partial charge on any atom is -0.353 e.